The minimum absolute atomic E-state index is 0.0341. The van der Waals surface area contributed by atoms with Crippen molar-refractivity contribution in [3.05, 3.63) is 0 Å². The predicted molar refractivity (Wildman–Crippen MR) is 35.1 cm³/mol. The number of rotatable bonds is 0. The lowest BCUT2D eigenvalue weighted by atomic mass is 10.2. The van der Waals surface area contributed by atoms with Crippen LogP contribution in [-0.4, -0.2) is 11.6 Å². The van der Waals surface area contributed by atoms with Gasteiger partial charge in [-0.15, -0.1) is 0 Å². The highest BCUT2D eigenvalue weighted by Crippen LogP contribution is 2.00. The Bertz CT molecular complexity index is 151. The van der Waals surface area contributed by atoms with Crippen molar-refractivity contribution in [2.75, 3.05) is 0 Å². The van der Waals surface area contributed by atoms with Crippen LogP contribution in [0.15, 0.2) is 5.10 Å². The van der Waals surface area contributed by atoms with E-state index in [0.717, 1.165) is 18.6 Å². The van der Waals surface area contributed by atoms with Crippen LogP contribution in [0, 0.1) is 0 Å². The minimum atomic E-state index is 0.0341. The lowest BCUT2D eigenvalue weighted by Crippen LogP contribution is -2.14. The topological polar surface area (TPSA) is 41.5 Å². The highest BCUT2D eigenvalue weighted by atomic mass is 16.2. The summed E-state index contributed by atoms with van der Waals surface area (Å²) in [6.07, 6.45) is 2.49. The first-order valence-corrected chi connectivity index (χ1v) is 3.11. The molecule has 0 aromatic heterocycles. The highest BCUT2D eigenvalue weighted by Gasteiger charge is 2.04. The van der Waals surface area contributed by atoms with Gasteiger partial charge in [-0.2, -0.15) is 5.10 Å². The van der Waals surface area contributed by atoms with Crippen LogP contribution in [0.4, 0.5) is 0 Å². The van der Waals surface area contributed by atoms with Crippen molar-refractivity contribution < 1.29 is 4.79 Å². The van der Waals surface area contributed by atoms with Crippen molar-refractivity contribution in [2.24, 2.45) is 5.10 Å². The normalized spacial score (nSPS) is 20.1. The molecule has 1 aliphatic heterocycles. The molecule has 0 atom stereocenters. The van der Waals surface area contributed by atoms with E-state index in [-0.39, 0.29) is 5.91 Å². The van der Waals surface area contributed by atoms with Crippen LogP contribution in [0.5, 0.6) is 0 Å². The van der Waals surface area contributed by atoms with E-state index in [0.29, 0.717) is 6.42 Å². The van der Waals surface area contributed by atoms with Gasteiger partial charge < -0.3 is 0 Å². The van der Waals surface area contributed by atoms with E-state index in [1.54, 1.807) is 0 Å². The molecule has 0 aliphatic carbocycles. The van der Waals surface area contributed by atoms with Crippen LogP contribution in [0.2, 0.25) is 0 Å². The Morgan fingerprint density at radius 3 is 3.11 bits per heavy atom. The molecule has 0 saturated carbocycles. The molecular weight excluding hydrogens is 116 g/mol. The zero-order valence-corrected chi connectivity index (χ0v) is 5.48. The smallest absolute Gasteiger partial charge is 0.240 e. The van der Waals surface area contributed by atoms with Crippen molar-refractivity contribution in [1.29, 1.82) is 0 Å². The van der Waals surface area contributed by atoms with Gasteiger partial charge in [0.05, 0.1) is 0 Å². The molecule has 0 saturated heterocycles. The van der Waals surface area contributed by atoms with E-state index in [2.05, 4.69) is 10.5 Å². The maximum atomic E-state index is 10.6. The number of hydrazone groups is 1. The van der Waals surface area contributed by atoms with E-state index >= 15 is 0 Å². The van der Waals surface area contributed by atoms with Crippen molar-refractivity contribution in [2.45, 2.75) is 26.2 Å². The first-order valence-electron chi connectivity index (χ1n) is 3.11. The van der Waals surface area contributed by atoms with Crippen LogP contribution in [0.3, 0.4) is 0 Å². The highest BCUT2D eigenvalue weighted by molar-refractivity contribution is 5.86. The zero-order valence-electron chi connectivity index (χ0n) is 5.48. The third-order valence-electron chi connectivity index (χ3n) is 1.31. The van der Waals surface area contributed by atoms with Gasteiger partial charge in [-0.3, -0.25) is 4.79 Å². The largest absolute Gasteiger partial charge is 0.273 e. The van der Waals surface area contributed by atoms with Crippen LogP contribution in [-0.2, 0) is 4.79 Å². The predicted octanol–water partition coefficient (Wildman–Crippen LogP) is 0.662. The molecule has 0 aromatic carbocycles. The van der Waals surface area contributed by atoms with Crippen molar-refractivity contribution in [3.8, 4) is 0 Å². The fourth-order valence-electron chi connectivity index (χ4n) is 0.774. The molecule has 0 fully saturated rings. The Kier molecular flexibility index (Phi) is 1.82. The van der Waals surface area contributed by atoms with Gasteiger partial charge in [0.15, 0.2) is 0 Å². The lowest BCUT2D eigenvalue weighted by molar-refractivity contribution is -0.120. The van der Waals surface area contributed by atoms with Crippen LogP contribution < -0.4 is 5.43 Å². The Morgan fingerprint density at radius 1 is 1.56 bits per heavy atom. The molecule has 50 valence electrons. The molecule has 0 bridgehead atoms. The lowest BCUT2D eigenvalue weighted by Gasteiger charge is -1.89. The van der Waals surface area contributed by atoms with Gasteiger partial charge in [-0.25, -0.2) is 5.43 Å². The van der Waals surface area contributed by atoms with Gasteiger partial charge in [0.1, 0.15) is 0 Å². The summed E-state index contributed by atoms with van der Waals surface area (Å²) in [4.78, 5) is 10.6. The molecule has 9 heavy (non-hydrogen) atoms. The van der Waals surface area contributed by atoms with E-state index in [1.807, 2.05) is 6.92 Å². The summed E-state index contributed by atoms with van der Waals surface area (Å²) in [5, 5.41) is 3.82. The molecule has 1 aliphatic rings. The van der Waals surface area contributed by atoms with E-state index in [9.17, 15) is 4.79 Å². The second kappa shape index (κ2) is 2.62. The Morgan fingerprint density at radius 2 is 2.33 bits per heavy atom. The number of amides is 1. The van der Waals surface area contributed by atoms with Gasteiger partial charge in [0, 0.05) is 12.1 Å². The average Bonchev–Trinajstić information content (AvgIpc) is 1.97. The van der Waals surface area contributed by atoms with Crippen molar-refractivity contribution in [3.63, 3.8) is 0 Å². The minimum Gasteiger partial charge on any atom is -0.273 e. The second-order valence-electron chi connectivity index (χ2n) is 2.24. The third-order valence-corrected chi connectivity index (χ3v) is 1.31. The second-order valence-corrected chi connectivity index (χ2v) is 2.24. The number of hydrogen-bond donors (Lipinski definition) is 1. The first kappa shape index (κ1) is 6.26. The SMILES string of the molecule is CC1=NNC(=O)CCC1. The van der Waals surface area contributed by atoms with Crippen LogP contribution in [0.1, 0.15) is 26.2 Å². The van der Waals surface area contributed by atoms with Crippen LogP contribution in [0.25, 0.3) is 0 Å². The standard InChI is InChI=1S/C6H10N2O/c1-5-3-2-4-6(9)8-7-5/h2-4H2,1H3,(H,8,9). The Hall–Kier alpha value is -0.860. The van der Waals surface area contributed by atoms with Gasteiger partial charge in [0.2, 0.25) is 5.91 Å². The molecule has 1 N–H and O–H groups in total. The molecule has 0 radical (unpaired) electrons. The molecule has 3 heteroatoms. The van der Waals surface area contributed by atoms with Gasteiger partial charge in [-0.05, 0) is 19.8 Å². The molecule has 0 unspecified atom stereocenters. The van der Waals surface area contributed by atoms with Gasteiger partial charge >= 0.3 is 0 Å². The number of hydrogen-bond acceptors (Lipinski definition) is 2. The molecule has 1 rings (SSSR count). The number of carbonyl (C=O) groups is 1. The summed E-state index contributed by atoms with van der Waals surface area (Å²) in [6, 6.07) is 0. The van der Waals surface area contributed by atoms with Crippen molar-refractivity contribution in [1.82, 2.24) is 5.43 Å². The van der Waals surface area contributed by atoms with Gasteiger partial charge in [0.25, 0.3) is 0 Å². The summed E-state index contributed by atoms with van der Waals surface area (Å²) >= 11 is 0. The summed E-state index contributed by atoms with van der Waals surface area (Å²) in [5.41, 5.74) is 3.46. The fourth-order valence-corrected chi connectivity index (χ4v) is 0.774. The molecular formula is C6H10N2O. The molecule has 0 aromatic rings. The summed E-state index contributed by atoms with van der Waals surface area (Å²) in [6.45, 7) is 1.92. The number of nitrogens with zero attached hydrogens (tertiary/aromatic N) is 1. The van der Waals surface area contributed by atoms with E-state index in [1.165, 1.54) is 0 Å². The summed E-state index contributed by atoms with van der Waals surface area (Å²) in [5.74, 6) is 0.0341. The van der Waals surface area contributed by atoms with Gasteiger partial charge in [-0.1, -0.05) is 0 Å². The molecule has 0 spiro atoms. The maximum Gasteiger partial charge on any atom is 0.240 e. The molecule has 1 amide bonds. The number of nitrogens with one attached hydrogen (secondary N) is 1. The van der Waals surface area contributed by atoms with E-state index in [4.69, 9.17) is 0 Å². The zero-order chi connectivity index (χ0) is 6.69. The average molecular weight is 126 g/mol. The fraction of sp³-hybridized carbons (Fsp3) is 0.667. The Labute approximate surface area is 54.1 Å². The Balaban J connectivity index is 2.52. The van der Waals surface area contributed by atoms with Crippen LogP contribution >= 0.6 is 0 Å². The third kappa shape index (κ3) is 1.83. The molecule has 3 nitrogen and oxygen atoms in total. The molecule has 1 heterocycles. The first-order chi connectivity index (χ1) is 4.29. The number of carbonyl (C=O) groups excluding carboxylic acids is 1. The summed E-state index contributed by atoms with van der Waals surface area (Å²) in [7, 11) is 0. The monoisotopic (exact) mass is 126 g/mol. The quantitative estimate of drug-likeness (QED) is 0.509. The maximum absolute atomic E-state index is 10.6. The van der Waals surface area contributed by atoms with E-state index < -0.39 is 0 Å². The summed E-state index contributed by atoms with van der Waals surface area (Å²) < 4.78 is 0. The van der Waals surface area contributed by atoms with Crippen molar-refractivity contribution >= 4 is 11.6 Å².